The van der Waals surface area contributed by atoms with Crippen LogP contribution in [0.5, 0.6) is 5.75 Å². The SMILES string of the molecule is Cc1c(O)c(-c2ccncn2)cc2c(-c3ccccc3)cc(=O)oc12. The Bertz CT molecular complexity index is 1120. The molecule has 0 radical (unpaired) electrons. The zero-order chi connectivity index (χ0) is 17.4. The molecule has 122 valence electrons. The maximum atomic E-state index is 12.0. The third-order valence-corrected chi connectivity index (χ3v) is 4.18. The van der Waals surface area contributed by atoms with Gasteiger partial charge in [-0.2, -0.15) is 0 Å². The summed E-state index contributed by atoms with van der Waals surface area (Å²) in [5.41, 5.74) is 3.25. The number of hydrogen-bond donors (Lipinski definition) is 1. The molecule has 0 atom stereocenters. The van der Waals surface area contributed by atoms with Crippen molar-refractivity contribution < 1.29 is 9.52 Å². The number of nitrogens with zero attached hydrogens (tertiary/aromatic N) is 2. The van der Waals surface area contributed by atoms with Gasteiger partial charge in [0.25, 0.3) is 0 Å². The molecule has 0 aliphatic heterocycles. The van der Waals surface area contributed by atoms with Gasteiger partial charge in [0.1, 0.15) is 17.7 Å². The second-order valence-electron chi connectivity index (χ2n) is 5.71. The number of aryl methyl sites for hydroxylation is 1. The molecule has 2 aromatic heterocycles. The standard InChI is InChI=1S/C20H14N2O3/c1-12-19(24)16(17-7-8-21-11-22-17)9-15-14(10-18(23)25-20(12)15)13-5-3-2-4-6-13/h2-11,24H,1H3. The molecule has 5 heteroatoms. The number of benzene rings is 2. The molecular formula is C20H14N2O3. The largest absolute Gasteiger partial charge is 0.507 e. The summed E-state index contributed by atoms with van der Waals surface area (Å²) in [5.74, 6) is 0.0413. The van der Waals surface area contributed by atoms with E-state index in [-0.39, 0.29) is 5.75 Å². The summed E-state index contributed by atoms with van der Waals surface area (Å²) < 4.78 is 5.38. The number of phenolic OH excluding ortho intramolecular Hbond substituents is 1. The lowest BCUT2D eigenvalue weighted by Gasteiger charge is -2.12. The summed E-state index contributed by atoms with van der Waals surface area (Å²) in [4.78, 5) is 20.2. The van der Waals surface area contributed by atoms with E-state index in [1.54, 1.807) is 25.3 Å². The zero-order valence-corrected chi connectivity index (χ0v) is 13.4. The summed E-state index contributed by atoms with van der Waals surface area (Å²) in [6.45, 7) is 1.72. The molecule has 4 aromatic rings. The van der Waals surface area contributed by atoms with E-state index in [1.807, 2.05) is 30.3 Å². The minimum atomic E-state index is -0.455. The summed E-state index contributed by atoms with van der Waals surface area (Å²) in [7, 11) is 0. The number of rotatable bonds is 2. The molecule has 0 aliphatic carbocycles. The highest BCUT2D eigenvalue weighted by Crippen LogP contribution is 2.39. The van der Waals surface area contributed by atoms with Gasteiger partial charge < -0.3 is 9.52 Å². The Morgan fingerprint density at radius 1 is 1.04 bits per heavy atom. The first-order chi connectivity index (χ1) is 12.1. The molecule has 0 saturated carbocycles. The quantitative estimate of drug-likeness (QED) is 0.564. The number of phenols is 1. The summed E-state index contributed by atoms with van der Waals surface area (Å²) in [5, 5.41) is 11.3. The first kappa shape index (κ1) is 15.1. The maximum Gasteiger partial charge on any atom is 0.336 e. The highest BCUT2D eigenvalue weighted by atomic mass is 16.4. The first-order valence-corrected chi connectivity index (χ1v) is 7.77. The average molecular weight is 330 g/mol. The van der Waals surface area contributed by atoms with E-state index < -0.39 is 5.63 Å². The third kappa shape index (κ3) is 2.55. The predicted octanol–water partition coefficient (Wildman–Crippen LogP) is 3.93. The molecule has 0 unspecified atom stereocenters. The van der Waals surface area contributed by atoms with Crippen LogP contribution < -0.4 is 5.63 Å². The van der Waals surface area contributed by atoms with Crippen molar-refractivity contribution in [3.63, 3.8) is 0 Å². The highest BCUT2D eigenvalue weighted by Gasteiger charge is 2.17. The van der Waals surface area contributed by atoms with Gasteiger partial charge in [0.2, 0.25) is 0 Å². The Kier molecular flexibility index (Phi) is 3.54. The Morgan fingerprint density at radius 2 is 1.84 bits per heavy atom. The Labute approximate surface area is 143 Å². The van der Waals surface area contributed by atoms with Gasteiger partial charge in [-0.1, -0.05) is 30.3 Å². The molecule has 25 heavy (non-hydrogen) atoms. The van der Waals surface area contributed by atoms with Crippen LogP contribution in [0.3, 0.4) is 0 Å². The topological polar surface area (TPSA) is 76.2 Å². The van der Waals surface area contributed by atoms with E-state index in [0.717, 1.165) is 16.5 Å². The van der Waals surface area contributed by atoms with Crippen molar-refractivity contribution in [1.82, 2.24) is 9.97 Å². The van der Waals surface area contributed by atoms with Crippen molar-refractivity contribution in [3.8, 4) is 28.1 Å². The van der Waals surface area contributed by atoms with E-state index in [1.165, 1.54) is 12.4 Å². The molecule has 1 N–H and O–H groups in total. The Hall–Kier alpha value is -3.47. The minimum absolute atomic E-state index is 0.0413. The monoisotopic (exact) mass is 330 g/mol. The molecule has 0 amide bonds. The molecule has 0 aliphatic rings. The molecule has 0 spiro atoms. The van der Waals surface area contributed by atoms with E-state index in [2.05, 4.69) is 9.97 Å². The van der Waals surface area contributed by atoms with Crippen LogP contribution >= 0.6 is 0 Å². The maximum absolute atomic E-state index is 12.0. The summed E-state index contributed by atoms with van der Waals surface area (Å²) >= 11 is 0. The van der Waals surface area contributed by atoms with E-state index in [4.69, 9.17) is 4.42 Å². The van der Waals surface area contributed by atoms with Gasteiger partial charge in [0, 0.05) is 28.8 Å². The van der Waals surface area contributed by atoms with Crippen LogP contribution in [0.15, 0.2) is 70.3 Å². The lowest BCUT2D eigenvalue weighted by Crippen LogP contribution is -2.00. The third-order valence-electron chi connectivity index (χ3n) is 4.18. The Balaban J connectivity index is 2.11. The fourth-order valence-electron chi connectivity index (χ4n) is 2.95. The van der Waals surface area contributed by atoms with E-state index in [0.29, 0.717) is 22.4 Å². The molecule has 0 saturated heterocycles. The van der Waals surface area contributed by atoms with Crippen molar-refractivity contribution in [2.45, 2.75) is 6.92 Å². The minimum Gasteiger partial charge on any atom is -0.507 e. The molecule has 0 fully saturated rings. The normalized spacial score (nSPS) is 10.9. The summed E-state index contributed by atoms with van der Waals surface area (Å²) in [6.07, 6.45) is 3.04. The van der Waals surface area contributed by atoms with Crippen molar-refractivity contribution >= 4 is 11.0 Å². The predicted molar refractivity (Wildman–Crippen MR) is 95.3 cm³/mol. The molecule has 0 bridgehead atoms. The van der Waals surface area contributed by atoms with Gasteiger partial charge in [0.15, 0.2) is 0 Å². The molecule has 2 heterocycles. The lowest BCUT2D eigenvalue weighted by atomic mass is 9.96. The number of hydrogen-bond acceptors (Lipinski definition) is 5. The molecule has 5 nitrogen and oxygen atoms in total. The molecule has 2 aromatic carbocycles. The van der Waals surface area contributed by atoms with Crippen LogP contribution in [0.4, 0.5) is 0 Å². The van der Waals surface area contributed by atoms with Crippen LogP contribution in [0.25, 0.3) is 33.4 Å². The van der Waals surface area contributed by atoms with Crippen molar-refractivity contribution in [1.29, 1.82) is 0 Å². The van der Waals surface area contributed by atoms with Crippen molar-refractivity contribution in [3.05, 3.63) is 77.0 Å². The lowest BCUT2D eigenvalue weighted by molar-refractivity contribution is 0.470. The van der Waals surface area contributed by atoms with Gasteiger partial charge in [-0.05, 0) is 30.2 Å². The van der Waals surface area contributed by atoms with E-state index >= 15 is 0 Å². The average Bonchev–Trinajstić information content (AvgIpc) is 2.66. The van der Waals surface area contributed by atoms with Crippen LogP contribution in [0.1, 0.15) is 5.56 Å². The number of fused-ring (bicyclic) bond motifs is 1. The summed E-state index contributed by atoms with van der Waals surface area (Å²) in [6, 6.07) is 14.6. The van der Waals surface area contributed by atoms with Crippen molar-refractivity contribution in [2.75, 3.05) is 0 Å². The Morgan fingerprint density at radius 3 is 2.56 bits per heavy atom. The zero-order valence-electron chi connectivity index (χ0n) is 13.4. The second-order valence-corrected chi connectivity index (χ2v) is 5.71. The van der Waals surface area contributed by atoms with Crippen molar-refractivity contribution in [2.24, 2.45) is 0 Å². The number of aromatic nitrogens is 2. The van der Waals surface area contributed by atoms with Gasteiger partial charge in [-0.25, -0.2) is 14.8 Å². The van der Waals surface area contributed by atoms with E-state index in [9.17, 15) is 9.90 Å². The number of aromatic hydroxyl groups is 1. The van der Waals surface area contributed by atoms with Gasteiger partial charge >= 0.3 is 5.63 Å². The van der Waals surface area contributed by atoms with Gasteiger partial charge in [0.05, 0.1) is 5.69 Å². The fourth-order valence-corrected chi connectivity index (χ4v) is 2.95. The second kappa shape index (κ2) is 5.87. The van der Waals surface area contributed by atoms with Crippen LogP contribution in [-0.2, 0) is 0 Å². The molecule has 4 rings (SSSR count). The van der Waals surface area contributed by atoms with Gasteiger partial charge in [-0.3, -0.25) is 0 Å². The van der Waals surface area contributed by atoms with Gasteiger partial charge in [-0.15, -0.1) is 0 Å². The molecular weight excluding hydrogens is 316 g/mol. The van der Waals surface area contributed by atoms with Crippen LogP contribution in [0.2, 0.25) is 0 Å². The highest BCUT2D eigenvalue weighted by molar-refractivity contribution is 5.99. The first-order valence-electron chi connectivity index (χ1n) is 7.77. The van der Waals surface area contributed by atoms with Crippen LogP contribution in [0, 0.1) is 6.92 Å². The fraction of sp³-hybridized carbons (Fsp3) is 0.0500. The smallest absolute Gasteiger partial charge is 0.336 e. The van der Waals surface area contributed by atoms with Crippen LogP contribution in [-0.4, -0.2) is 15.1 Å².